The van der Waals surface area contributed by atoms with Crippen molar-refractivity contribution < 1.29 is 14.3 Å². The van der Waals surface area contributed by atoms with Gasteiger partial charge in [-0.15, -0.1) is 0 Å². The number of anilines is 1. The smallest absolute Gasteiger partial charge is 0.274 e. The first-order valence-electron chi connectivity index (χ1n) is 11.1. The van der Waals surface area contributed by atoms with Crippen LogP contribution >= 0.6 is 0 Å². The molecule has 4 heterocycles. The van der Waals surface area contributed by atoms with E-state index in [1.807, 2.05) is 24.7 Å². The van der Waals surface area contributed by atoms with E-state index in [0.29, 0.717) is 11.6 Å². The number of aromatic nitrogens is 4. The monoisotopic (exact) mass is 437 g/mol. The van der Waals surface area contributed by atoms with Crippen molar-refractivity contribution in [2.75, 3.05) is 18.5 Å². The van der Waals surface area contributed by atoms with E-state index in [1.165, 1.54) is 0 Å². The highest BCUT2D eigenvalue weighted by Crippen LogP contribution is 2.33. The fraction of sp³-hybridized carbons (Fsp3) is 0.478. The lowest BCUT2D eigenvalue weighted by molar-refractivity contribution is 0.102. The second-order valence-corrected chi connectivity index (χ2v) is 8.82. The molecule has 1 aliphatic carbocycles. The van der Waals surface area contributed by atoms with E-state index in [2.05, 4.69) is 15.4 Å². The first kappa shape index (κ1) is 20.7. The van der Waals surface area contributed by atoms with Crippen molar-refractivity contribution >= 4 is 22.6 Å². The molecule has 1 saturated carbocycles. The zero-order valence-electron chi connectivity index (χ0n) is 18.3. The Balaban J connectivity index is 1.46. The number of carbonyl (C=O) groups is 1. The van der Waals surface area contributed by atoms with Crippen LogP contribution in [0, 0.1) is 5.92 Å². The Labute approximate surface area is 185 Å². The number of pyridine rings is 2. The third kappa shape index (κ3) is 4.25. The molecule has 9 heteroatoms. The van der Waals surface area contributed by atoms with Crippen molar-refractivity contribution in [3.63, 3.8) is 0 Å². The molecule has 0 bridgehead atoms. The van der Waals surface area contributed by atoms with Gasteiger partial charge >= 0.3 is 0 Å². The van der Waals surface area contributed by atoms with Crippen molar-refractivity contribution in [2.45, 2.75) is 51.8 Å². The number of amides is 1. The van der Waals surface area contributed by atoms with Gasteiger partial charge in [0.05, 0.1) is 12.7 Å². The molecule has 0 spiro atoms. The average molecular weight is 438 g/mol. The normalized spacial score (nSPS) is 18.4. The maximum atomic E-state index is 13.2. The summed E-state index contributed by atoms with van der Waals surface area (Å²) in [6.45, 7) is 6.00. The molecule has 168 valence electrons. The van der Waals surface area contributed by atoms with Gasteiger partial charge in [0.15, 0.2) is 5.65 Å². The second kappa shape index (κ2) is 8.38. The fourth-order valence-electron chi connectivity index (χ4n) is 3.99. The minimum Gasteiger partial charge on any atom is -0.474 e. The first-order chi connectivity index (χ1) is 15.5. The molecule has 5 rings (SSSR count). The minimum atomic E-state index is -0.433. The highest BCUT2D eigenvalue weighted by atomic mass is 16.5. The van der Waals surface area contributed by atoms with Crippen LogP contribution in [0.4, 0.5) is 5.69 Å². The molecule has 1 saturated heterocycles. The third-order valence-electron chi connectivity index (χ3n) is 5.73. The number of fused-ring (bicyclic) bond motifs is 1. The Bertz CT molecular complexity index is 1200. The number of rotatable bonds is 7. The van der Waals surface area contributed by atoms with Crippen LogP contribution in [0.1, 0.15) is 49.5 Å². The molecular formula is C23H27N5O4. The minimum absolute atomic E-state index is 0.173. The fourth-order valence-corrected chi connectivity index (χ4v) is 3.99. The van der Waals surface area contributed by atoms with Crippen molar-refractivity contribution in [1.82, 2.24) is 19.3 Å². The molecule has 0 unspecified atom stereocenters. The summed E-state index contributed by atoms with van der Waals surface area (Å²) in [5, 5.41) is 8.07. The summed E-state index contributed by atoms with van der Waals surface area (Å²) < 4.78 is 14.8. The second-order valence-electron chi connectivity index (χ2n) is 8.82. The maximum absolute atomic E-state index is 13.2. The van der Waals surface area contributed by atoms with Crippen LogP contribution in [0.15, 0.2) is 35.4 Å². The molecule has 0 aromatic carbocycles. The van der Waals surface area contributed by atoms with Crippen LogP contribution in [-0.2, 0) is 11.3 Å². The highest BCUT2D eigenvalue weighted by molar-refractivity contribution is 6.07. The molecule has 1 N–H and O–H groups in total. The van der Waals surface area contributed by atoms with Crippen LogP contribution < -0.4 is 15.6 Å². The lowest BCUT2D eigenvalue weighted by Gasteiger charge is -2.13. The summed E-state index contributed by atoms with van der Waals surface area (Å²) in [6.07, 6.45) is 6.46. The topological polar surface area (TPSA) is 100 Å². The van der Waals surface area contributed by atoms with Gasteiger partial charge in [0.1, 0.15) is 11.3 Å². The molecule has 1 atom stereocenters. The van der Waals surface area contributed by atoms with E-state index in [1.54, 1.807) is 29.0 Å². The summed E-state index contributed by atoms with van der Waals surface area (Å²) >= 11 is 0. The van der Waals surface area contributed by atoms with Gasteiger partial charge in [-0.25, -0.2) is 0 Å². The molecule has 2 fully saturated rings. The Morgan fingerprint density at radius 1 is 1.34 bits per heavy atom. The molecule has 3 aromatic heterocycles. The summed E-state index contributed by atoms with van der Waals surface area (Å²) in [6, 6.07) is 5.36. The molecule has 2 aliphatic rings. The van der Waals surface area contributed by atoms with Crippen LogP contribution in [-0.4, -0.2) is 44.6 Å². The maximum Gasteiger partial charge on any atom is 0.274 e. The first-order valence-corrected chi connectivity index (χ1v) is 11.1. The Kier molecular flexibility index (Phi) is 5.42. The van der Waals surface area contributed by atoms with E-state index in [9.17, 15) is 9.59 Å². The van der Waals surface area contributed by atoms with Gasteiger partial charge in [-0.3, -0.25) is 14.3 Å². The van der Waals surface area contributed by atoms with E-state index >= 15 is 0 Å². The van der Waals surface area contributed by atoms with Gasteiger partial charge in [0, 0.05) is 42.9 Å². The third-order valence-corrected chi connectivity index (χ3v) is 5.73. The molecule has 0 radical (unpaired) electrons. The van der Waals surface area contributed by atoms with Gasteiger partial charge in [-0.1, -0.05) is 0 Å². The summed E-state index contributed by atoms with van der Waals surface area (Å²) in [5.74, 6) is 0.195. The van der Waals surface area contributed by atoms with E-state index in [0.717, 1.165) is 44.4 Å². The van der Waals surface area contributed by atoms with Crippen LogP contribution in [0.5, 0.6) is 5.88 Å². The molecule has 3 aromatic rings. The van der Waals surface area contributed by atoms with E-state index in [-0.39, 0.29) is 34.8 Å². The molecule has 1 amide bonds. The van der Waals surface area contributed by atoms with Gasteiger partial charge in [-0.2, -0.15) is 10.1 Å². The van der Waals surface area contributed by atoms with Crippen LogP contribution in [0.2, 0.25) is 0 Å². The predicted octanol–water partition coefficient (Wildman–Crippen LogP) is 3.00. The number of nitrogens with zero attached hydrogens (tertiary/aromatic N) is 4. The standard InChI is InChI=1S/C23H27N5O4/c1-14(2)32-22-18(21(29)24-19-4-3-8-28(23(19)30)17-5-6-17)10-16-12-27(26-20(16)25-22)11-15-7-9-31-13-15/h3-4,8,10,12,14-15,17H,5-7,9,11,13H2,1-2H3,(H,24,29)/t15-/m1/s1. The molecular weight excluding hydrogens is 410 g/mol. The van der Waals surface area contributed by atoms with E-state index in [4.69, 9.17) is 9.47 Å². The zero-order chi connectivity index (χ0) is 22.2. The lowest BCUT2D eigenvalue weighted by atomic mass is 10.1. The van der Waals surface area contributed by atoms with E-state index < -0.39 is 5.91 Å². The molecule has 32 heavy (non-hydrogen) atoms. The predicted molar refractivity (Wildman–Crippen MR) is 119 cm³/mol. The number of hydrogen-bond donors (Lipinski definition) is 1. The van der Waals surface area contributed by atoms with Gasteiger partial charge in [0.25, 0.3) is 11.5 Å². The van der Waals surface area contributed by atoms with Crippen molar-refractivity contribution in [3.8, 4) is 5.88 Å². The average Bonchev–Trinajstić information content (AvgIpc) is 3.32. The number of carbonyl (C=O) groups excluding carboxylic acids is 1. The van der Waals surface area contributed by atoms with Gasteiger partial charge in [-0.05, 0) is 51.3 Å². The Hall–Kier alpha value is -3.20. The molecule has 9 nitrogen and oxygen atoms in total. The molecule has 1 aliphatic heterocycles. The number of ether oxygens (including phenoxy) is 2. The van der Waals surface area contributed by atoms with Crippen molar-refractivity contribution in [3.05, 3.63) is 46.5 Å². The number of nitrogens with one attached hydrogen (secondary N) is 1. The largest absolute Gasteiger partial charge is 0.474 e. The van der Waals surface area contributed by atoms with Crippen molar-refractivity contribution in [2.24, 2.45) is 5.92 Å². The quantitative estimate of drug-likeness (QED) is 0.610. The van der Waals surface area contributed by atoms with Crippen LogP contribution in [0.25, 0.3) is 11.0 Å². The Morgan fingerprint density at radius 2 is 2.19 bits per heavy atom. The highest BCUT2D eigenvalue weighted by Gasteiger charge is 2.26. The number of hydrogen-bond acceptors (Lipinski definition) is 6. The van der Waals surface area contributed by atoms with Gasteiger partial charge < -0.3 is 19.4 Å². The SMILES string of the molecule is CC(C)Oc1nc2nn(C[C@H]3CCOC3)cc2cc1C(=O)Nc1cccn(C2CC2)c1=O. The lowest BCUT2D eigenvalue weighted by Crippen LogP contribution is -2.25. The summed E-state index contributed by atoms with van der Waals surface area (Å²) in [5.41, 5.74) is 0.843. The Morgan fingerprint density at radius 3 is 2.91 bits per heavy atom. The van der Waals surface area contributed by atoms with Crippen molar-refractivity contribution in [1.29, 1.82) is 0 Å². The summed E-state index contributed by atoms with van der Waals surface area (Å²) in [4.78, 5) is 30.4. The van der Waals surface area contributed by atoms with Gasteiger partial charge in [0.2, 0.25) is 5.88 Å². The summed E-state index contributed by atoms with van der Waals surface area (Å²) in [7, 11) is 0. The zero-order valence-corrected chi connectivity index (χ0v) is 18.3. The van der Waals surface area contributed by atoms with Crippen LogP contribution in [0.3, 0.4) is 0 Å².